The second kappa shape index (κ2) is 32.0. The van der Waals surface area contributed by atoms with Crippen LogP contribution in [0.5, 0.6) is 11.5 Å². The fourth-order valence-electron chi connectivity index (χ4n) is 8.13. The number of phenols is 2. The summed E-state index contributed by atoms with van der Waals surface area (Å²) in [5.74, 6) is -7.58. The van der Waals surface area contributed by atoms with Crippen LogP contribution in [0.4, 0.5) is 11.4 Å². The average Bonchev–Trinajstić information content (AvgIpc) is 3.40. The molecule has 0 bridgehead atoms. The number of quaternary nitrogens is 2. The topological polar surface area (TPSA) is 542 Å². The van der Waals surface area contributed by atoms with Gasteiger partial charge in [0, 0.05) is 11.4 Å². The van der Waals surface area contributed by atoms with Crippen LogP contribution in [0.25, 0.3) is 0 Å². The number of anilines is 2. The summed E-state index contributed by atoms with van der Waals surface area (Å²) in [5, 5.41) is 159. The van der Waals surface area contributed by atoms with Crippen molar-refractivity contribution in [3.05, 3.63) is 47.5 Å². The van der Waals surface area contributed by atoms with E-state index in [1.54, 1.807) is 19.4 Å². The molecule has 0 radical (unpaired) electrons. The number of carbonyl (C=O) groups excluding carboxylic acids is 1. The van der Waals surface area contributed by atoms with Gasteiger partial charge >= 0.3 is 23.9 Å². The Hall–Kier alpha value is -5.24. The highest BCUT2D eigenvalue weighted by atomic mass is 16.7. The first-order valence-corrected chi connectivity index (χ1v) is 24.2. The van der Waals surface area contributed by atoms with Gasteiger partial charge in [-0.15, -0.1) is 0 Å². The number of hydrogen-bond acceptors (Lipinski definition) is 26. The number of nitrogen functional groups attached to an aromatic ring is 2. The van der Waals surface area contributed by atoms with Crippen LogP contribution in [0, 0.1) is 11.8 Å². The molecule has 24 N–H and O–H groups in total. The molecule has 0 aliphatic carbocycles. The van der Waals surface area contributed by atoms with Crippen LogP contribution >= 0.6 is 0 Å². The lowest BCUT2D eigenvalue weighted by Gasteiger charge is -2.42. The van der Waals surface area contributed by atoms with Gasteiger partial charge in [-0.05, 0) is 36.4 Å². The molecule has 0 saturated carbocycles. The number of hydrogen-bond donors (Lipinski definition) is 20. The third kappa shape index (κ3) is 17.6. The molecule has 4 aliphatic rings. The number of phenolic OH excluding ortho intramolecular Hbond substituents is 1. The van der Waals surface area contributed by atoms with Crippen molar-refractivity contribution in [3.8, 4) is 11.5 Å². The maximum atomic E-state index is 12.4. The van der Waals surface area contributed by atoms with Gasteiger partial charge in [-0.2, -0.15) is 0 Å². The van der Waals surface area contributed by atoms with Crippen molar-refractivity contribution in [1.29, 1.82) is 0 Å². The van der Waals surface area contributed by atoms with Gasteiger partial charge in [-0.3, -0.25) is 0 Å². The van der Waals surface area contributed by atoms with Crippen LogP contribution in [0.3, 0.4) is 0 Å². The minimum atomic E-state index is -1.90. The monoisotopic (exact) mass is 1120 g/mol. The van der Waals surface area contributed by atoms with E-state index in [0.29, 0.717) is 5.69 Å². The van der Waals surface area contributed by atoms with E-state index in [2.05, 4.69) is 0 Å². The highest BCUT2D eigenvalue weighted by Crippen LogP contribution is 2.30. The number of aliphatic carboxylic acids is 2. The first-order valence-electron chi connectivity index (χ1n) is 24.2. The van der Waals surface area contributed by atoms with Crippen molar-refractivity contribution in [1.82, 2.24) is 0 Å². The van der Waals surface area contributed by atoms with E-state index in [1.807, 2.05) is 27.7 Å². The Kier molecular flexibility index (Phi) is 28.2. The van der Waals surface area contributed by atoms with E-state index in [1.165, 1.54) is 41.7 Å². The van der Waals surface area contributed by atoms with E-state index in [4.69, 9.17) is 65.1 Å². The molecule has 4 aliphatic heterocycles. The standard InChI is InChI=1S/C21H30N2O13.C14H25NO11.C7H7NO3.2C2H6/c1-23-12-9(5-34-21-16(28)14(26)15(27)17(36-21)18(29)30)13(25)11(35-20(12)32)6-33-19(31)8-4-7(22)2-3-10(8)24;1-15-6-4(7(17)5(2-16)25-13(6)23)3-24-14-10(20)8(18)9(19)11(26-14)12(21)22;8-4-1-2-6(9)5(3-4)7(10)11;2*1-2/h2-4,9,11-17,20-21,23-28,32H,5-6,22H2,1H3,(H,29,30);4-11,13-20,23H,2-3H2,1H3,(H,21,22);1-3,9H,8H2,(H,10,11);2*1-2H3/p+2/t9-,11?,12?,13-,14+,15-,16?,17?,20+,21+;4-,5?,6?,7-,8+,9-,10?,11?,13+,14+;;;/m00.../s1. The number of esters is 1. The first-order chi connectivity index (χ1) is 36.3. The molecular formula is C46H76N4O27+2. The molecular weight excluding hydrogens is 1040 g/mol. The van der Waals surface area contributed by atoms with Crippen LogP contribution < -0.4 is 22.1 Å². The molecule has 0 aromatic heterocycles. The molecule has 0 spiro atoms. The number of aliphatic hydroxyl groups is 11. The van der Waals surface area contributed by atoms with Gasteiger partial charge in [0.25, 0.3) is 0 Å². The highest BCUT2D eigenvalue weighted by Gasteiger charge is 2.52. The third-order valence-corrected chi connectivity index (χ3v) is 12.3. The lowest BCUT2D eigenvalue weighted by molar-refractivity contribution is -0.694. The highest BCUT2D eigenvalue weighted by molar-refractivity contribution is 5.93. The van der Waals surface area contributed by atoms with Crippen LogP contribution in [-0.2, 0) is 42.7 Å². The Morgan fingerprint density at radius 1 is 0.532 bits per heavy atom. The molecule has 6 rings (SSSR count). The van der Waals surface area contributed by atoms with Gasteiger partial charge in [0.05, 0.1) is 58.0 Å². The lowest BCUT2D eigenvalue weighted by Crippen LogP contribution is -2.93. The maximum Gasteiger partial charge on any atom is 0.342 e. The molecule has 4 saturated heterocycles. The average molecular weight is 1120 g/mol. The third-order valence-electron chi connectivity index (χ3n) is 12.3. The van der Waals surface area contributed by atoms with Gasteiger partial charge in [-0.1, -0.05) is 27.7 Å². The number of benzene rings is 2. The molecule has 0 amide bonds. The smallest absolute Gasteiger partial charge is 0.342 e. The molecule has 31 heteroatoms. The lowest BCUT2D eigenvalue weighted by atomic mass is 9.87. The quantitative estimate of drug-likeness (QED) is 0.0447. The predicted molar refractivity (Wildman–Crippen MR) is 257 cm³/mol. The summed E-state index contributed by atoms with van der Waals surface area (Å²) in [5.41, 5.74) is 11.0. The second-order valence-electron chi connectivity index (χ2n) is 17.0. The number of carboxylic acids is 3. The number of aromatic hydroxyl groups is 2. The number of ether oxygens (including phenoxy) is 7. The Balaban J connectivity index is 0.000000429. The van der Waals surface area contributed by atoms with Crippen molar-refractivity contribution in [2.24, 2.45) is 11.8 Å². The Labute approximate surface area is 440 Å². The summed E-state index contributed by atoms with van der Waals surface area (Å²) in [4.78, 5) is 45.1. The van der Waals surface area contributed by atoms with Gasteiger partial charge in [-0.25, -0.2) is 19.2 Å². The largest absolute Gasteiger partial charge is 0.507 e. The number of nitrogens with two attached hydrogens (primary N) is 4. The van der Waals surface area contributed by atoms with Crippen LogP contribution in [0.2, 0.25) is 0 Å². The van der Waals surface area contributed by atoms with Crippen molar-refractivity contribution < 1.29 is 145 Å². The molecule has 2 aromatic carbocycles. The van der Waals surface area contributed by atoms with Gasteiger partial charge in [0.15, 0.2) is 24.8 Å². The number of rotatable bonds is 15. The minimum absolute atomic E-state index is 0.176. The predicted octanol–water partition coefficient (Wildman–Crippen LogP) is -7.84. The van der Waals surface area contributed by atoms with Gasteiger partial charge < -0.3 is 137 Å². The first kappa shape index (κ1) is 67.9. The van der Waals surface area contributed by atoms with Gasteiger partial charge in [0.2, 0.25) is 12.6 Å². The van der Waals surface area contributed by atoms with Crippen LogP contribution in [0.1, 0.15) is 48.4 Å². The zero-order valence-electron chi connectivity index (χ0n) is 42.8. The molecule has 77 heavy (non-hydrogen) atoms. The van der Waals surface area contributed by atoms with Crippen LogP contribution in [-0.4, -0.2) is 257 Å². The summed E-state index contributed by atoms with van der Waals surface area (Å²) < 4.78 is 36.5. The normalized spacial score (nSPS) is 34.6. The molecule has 31 nitrogen and oxygen atoms in total. The molecule has 2 aromatic rings. The van der Waals surface area contributed by atoms with E-state index >= 15 is 0 Å². The Morgan fingerprint density at radius 3 is 1.27 bits per heavy atom. The number of aromatic carboxylic acids is 1. The number of carboxylic acid groups (broad SMARTS) is 3. The number of carbonyl (C=O) groups is 4. The Morgan fingerprint density at radius 2 is 0.909 bits per heavy atom. The molecule has 4 heterocycles. The van der Waals surface area contributed by atoms with Gasteiger partial charge in [0.1, 0.15) is 90.1 Å². The number of aliphatic hydroxyl groups excluding tert-OH is 11. The molecule has 440 valence electrons. The van der Waals surface area contributed by atoms with E-state index in [-0.39, 0.29) is 34.9 Å². The van der Waals surface area contributed by atoms with Crippen molar-refractivity contribution >= 4 is 35.3 Å². The van der Waals surface area contributed by atoms with Crippen molar-refractivity contribution in [3.63, 3.8) is 0 Å². The number of likely N-dealkylation sites (N-methyl/N-ethyl adjacent to an activating group) is 2. The molecule has 8 unspecified atom stereocenters. The summed E-state index contributed by atoms with van der Waals surface area (Å²) in [6.45, 7) is 6.23. The van der Waals surface area contributed by atoms with E-state index < -0.39 is 166 Å². The molecule has 4 fully saturated rings. The Bertz CT molecular complexity index is 2150. The fourth-order valence-corrected chi connectivity index (χ4v) is 8.13. The zero-order valence-corrected chi connectivity index (χ0v) is 42.8. The fraction of sp³-hybridized carbons (Fsp3) is 0.652. The minimum Gasteiger partial charge on any atom is -0.507 e. The van der Waals surface area contributed by atoms with E-state index in [0.717, 1.165) is 0 Å². The van der Waals surface area contributed by atoms with Crippen molar-refractivity contribution in [2.75, 3.05) is 52.0 Å². The molecule has 20 atom stereocenters. The van der Waals surface area contributed by atoms with E-state index in [9.17, 15) is 80.5 Å². The summed E-state index contributed by atoms with van der Waals surface area (Å²) in [6, 6.07) is 6.22. The van der Waals surface area contributed by atoms with Crippen LogP contribution in [0.15, 0.2) is 36.4 Å². The summed E-state index contributed by atoms with van der Waals surface area (Å²) >= 11 is 0. The van der Waals surface area contributed by atoms with Crippen molar-refractivity contribution in [2.45, 2.75) is 138 Å². The maximum absolute atomic E-state index is 12.4. The summed E-state index contributed by atoms with van der Waals surface area (Å²) in [6.07, 6.45) is -25.5. The SMILES string of the molecule is CC.CC.C[NH2+]C1[C@H](O)OC(CO)[C@@H](O)[C@H]1CO[C@@H]1OC(C(=O)O)[C@@H](O)[C@@H](O)C1O.C[NH2+]C1[C@H](O)OC(COC(=O)c2cc(N)ccc2O)[C@@H](O)[C@H]1CO[C@@H]1OC(C(=O)O)[C@@H](O)[C@@H](O)C1O.Nc1ccc(O)c(C(=O)O)c1. The zero-order chi connectivity index (χ0) is 58.8. The summed E-state index contributed by atoms with van der Waals surface area (Å²) in [7, 11) is 3.22. The second-order valence-corrected chi connectivity index (χ2v) is 17.0.